The van der Waals surface area contributed by atoms with Crippen LogP contribution in [0.25, 0.3) is 0 Å². The predicted octanol–water partition coefficient (Wildman–Crippen LogP) is 1.74. The van der Waals surface area contributed by atoms with Crippen molar-refractivity contribution in [1.82, 2.24) is 10.2 Å². The summed E-state index contributed by atoms with van der Waals surface area (Å²) >= 11 is 0. The first-order valence-corrected chi connectivity index (χ1v) is 7.70. The normalized spacial score (nSPS) is 22.5. The number of nitrogens with zero attached hydrogens (tertiary/aromatic N) is 1. The fraction of sp³-hybridized carbons (Fsp3) is 0.588. The van der Waals surface area contributed by atoms with E-state index in [0.717, 1.165) is 18.7 Å². The number of likely N-dealkylation sites (tertiary alicyclic amines) is 1. The number of benzene rings is 1. The third kappa shape index (κ3) is 4.83. The van der Waals surface area contributed by atoms with Crippen molar-refractivity contribution in [3.8, 4) is 0 Å². The molecular weight excluding hydrogens is 264 g/mol. The molecule has 1 aliphatic rings. The first-order valence-electron chi connectivity index (χ1n) is 7.70. The van der Waals surface area contributed by atoms with E-state index in [0.29, 0.717) is 12.5 Å². The van der Waals surface area contributed by atoms with Crippen LogP contribution in [-0.2, 0) is 10.4 Å². The van der Waals surface area contributed by atoms with Gasteiger partial charge in [0.2, 0.25) is 5.91 Å². The summed E-state index contributed by atoms with van der Waals surface area (Å²) in [4.78, 5) is 14.4. The molecule has 0 saturated carbocycles. The van der Waals surface area contributed by atoms with Gasteiger partial charge in [-0.15, -0.1) is 0 Å². The molecule has 1 saturated heterocycles. The van der Waals surface area contributed by atoms with Crippen molar-refractivity contribution in [3.63, 3.8) is 0 Å². The van der Waals surface area contributed by atoms with Crippen LogP contribution in [0.3, 0.4) is 0 Å². The average Bonchev–Trinajstić information content (AvgIpc) is 2.46. The van der Waals surface area contributed by atoms with Crippen molar-refractivity contribution in [2.24, 2.45) is 5.92 Å². The van der Waals surface area contributed by atoms with Gasteiger partial charge in [0.1, 0.15) is 0 Å². The van der Waals surface area contributed by atoms with Gasteiger partial charge in [-0.2, -0.15) is 0 Å². The fourth-order valence-corrected chi connectivity index (χ4v) is 2.97. The van der Waals surface area contributed by atoms with Crippen LogP contribution in [0.15, 0.2) is 30.3 Å². The summed E-state index contributed by atoms with van der Waals surface area (Å²) in [6, 6.07) is 9.35. The molecule has 0 spiro atoms. The van der Waals surface area contributed by atoms with E-state index in [1.807, 2.05) is 30.3 Å². The summed E-state index contributed by atoms with van der Waals surface area (Å²) in [7, 11) is 2.12. The quantitative estimate of drug-likeness (QED) is 0.868. The standard InChI is InChI=1S/C17H26N2O2/c1-17(21,15-8-4-3-5-9-15)11-16(20)18-12-14-7-6-10-19(2)13-14/h3-5,8-9,14,21H,6-7,10-13H2,1-2H3,(H,18,20). The maximum Gasteiger partial charge on any atom is 0.223 e. The van der Waals surface area contributed by atoms with E-state index < -0.39 is 5.60 Å². The highest BCUT2D eigenvalue weighted by molar-refractivity contribution is 5.77. The van der Waals surface area contributed by atoms with Gasteiger partial charge < -0.3 is 15.3 Å². The lowest BCUT2D eigenvalue weighted by Crippen LogP contribution is -2.40. The number of piperidine rings is 1. The topological polar surface area (TPSA) is 52.6 Å². The van der Waals surface area contributed by atoms with Gasteiger partial charge in [-0.05, 0) is 44.8 Å². The molecule has 0 bridgehead atoms. The molecule has 4 nitrogen and oxygen atoms in total. The summed E-state index contributed by atoms with van der Waals surface area (Å²) < 4.78 is 0. The van der Waals surface area contributed by atoms with Gasteiger partial charge >= 0.3 is 0 Å². The molecule has 2 N–H and O–H groups in total. The summed E-state index contributed by atoms with van der Waals surface area (Å²) in [6.07, 6.45) is 2.46. The second-order valence-corrected chi connectivity index (χ2v) is 6.39. The highest BCUT2D eigenvalue weighted by atomic mass is 16.3. The Bertz CT molecular complexity index is 459. The van der Waals surface area contributed by atoms with E-state index in [1.54, 1.807) is 6.92 Å². The molecule has 0 aromatic heterocycles. The van der Waals surface area contributed by atoms with Crippen LogP contribution in [0.1, 0.15) is 31.7 Å². The number of aliphatic hydroxyl groups is 1. The van der Waals surface area contributed by atoms with Crippen LogP contribution in [0, 0.1) is 5.92 Å². The van der Waals surface area contributed by atoms with Gasteiger partial charge in [0.15, 0.2) is 0 Å². The number of carbonyl (C=O) groups is 1. The third-order valence-corrected chi connectivity index (χ3v) is 4.21. The Labute approximate surface area is 127 Å². The minimum absolute atomic E-state index is 0.0860. The maximum absolute atomic E-state index is 12.1. The number of amides is 1. The Kier molecular flexibility index (Phi) is 5.37. The SMILES string of the molecule is CN1CCCC(CNC(=O)CC(C)(O)c2ccccc2)C1. The predicted molar refractivity (Wildman–Crippen MR) is 83.9 cm³/mol. The number of nitrogens with one attached hydrogen (secondary N) is 1. The molecule has 4 heteroatoms. The zero-order valence-electron chi connectivity index (χ0n) is 13.0. The largest absolute Gasteiger partial charge is 0.385 e. The maximum atomic E-state index is 12.1. The van der Waals surface area contributed by atoms with E-state index in [9.17, 15) is 9.90 Å². The summed E-state index contributed by atoms with van der Waals surface area (Å²) in [5.41, 5.74) is -0.341. The lowest BCUT2D eigenvalue weighted by Gasteiger charge is -2.30. The molecule has 1 heterocycles. The molecular formula is C17H26N2O2. The zero-order valence-corrected chi connectivity index (χ0v) is 13.0. The minimum atomic E-state index is -1.12. The Morgan fingerprint density at radius 1 is 1.43 bits per heavy atom. The van der Waals surface area contributed by atoms with E-state index in [-0.39, 0.29) is 12.3 Å². The molecule has 0 aliphatic carbocycles. The molecule has 2 rings (SSSR count). The smallest absolute Gasteiger partial charge is 0.223 e. The van der Waals surface area contributed by atoms with Crippen molar-refractivity contribution >= 4 is 5.91 Å². The molecule has 1 aliphatic heterocycles. The van der Waals surface area contributed by atoms with Crippen molar-refractivity contribution in [3.05, 3.63) is 35.9 Å². The molecule has 1 fully saturated rings. The molecule has 21 heavy (non-hydrogen) atoms. The van der Waals surface area contributed by atoms with E-state index in [2.05, 4.69) is 17.3 Å². The second kappa shape index (κ2) is 7.05. The molecule has 0 radical (unpaired) electrons. The lowest BCUT2D eigenvalue weighted by atomic mass is 9.92. The Hall–Kier alpha value is -1.39. The zero-order chi connectivity index (χ0) is 15.3. The summed E-state index contributed by atoms with van der Waals surface area (Å²) in [5.74, 6) is 0.437. The van der Waals surface area contributed by atoms with Gasteiger partial charge in [0, 0.05) is 13.1 Å². The number of hydrogen-bond acceptors (Lipinski definition) is 3. The number of hydrogen-bond donors (Lipinski definition) is 2. The Balaban J connectivity index is 1.81. The molecule has 1 aromatic rings. The number of carbonyl (C=O) groups excluding carboxylic acids is 1. The van der Waals surface area contributed by atoms with Crippen molar-refractivity contribution in [1.29, 1.82) is 0 Å². The van der Waals surface area contributed by atoms with Gasteiger partial charge in [-0.25, -0.2) is 0 Å². The van der Waals surface area contributed by atoms with Gasteiger partial charge in [-0.3, -0.25) is 4.79 Å². The van der Waals surface area contributed by atoms with Crippen LogP contribution < -0.4 is 5.32 Å². The third-order valence-electron chi connectivity index (χ3n) is 4.21. The molecule has 1 amide bonds. The fourth-order valence-electron chi connectivity index (χ4n) is 2.97. The highest BCUT2D eigenvalue weighted by Gasteiger charge is 2.27. The number of rotatable bonds is 5. The van der Waals surface area contributed by atoms with Crippen molar-refractivity contribution in [2.75, 3.05) is 26.7 Å². The van der Waals surface area contributed by atoms with E-state index in [1.165, 1.54) is 12.8 Å². The Morgan fingerprint density at radius 3 is 2.81 bits per heavy atom. The average molecular weight is 290 g/mol. The first-order chi connectivity index (χ1) is 9.97. The Morgan fingerprint density at radius 2 is 2.14 bits per heavy atom. The van der Waals surface area contributed by atoms with Gasteiger partial charge in [-0.1, -0.05) is 30.3 Å². The molecule has 1 aromatic carbocycles. The molecule has 2 atom stereocenters. The van der Waals surface area contributed by atoms with Crippen LogP contribution in [-0.4, -0.2) is 42.6 Å². The lowest BCUT2D eigenvalue weighted by molar-refractivity contribution is -0.126. The van der Waals surface area contributed by atoms with E-state index >= 15 is 0 Å². The molecule has 116 valence electrons. The highest BCUT2D eigenvalue weighted by Crippen LogP contribution is 2.24. The van der Waals surface area contributed by atoms with Crippen molar-refractivity contribution in [2.45, 2.75) is 31.8 Å². The minimum Gasteiger partial charge on any atom is -0.385 e. The van der Waals surface area contributed by atoms with Crippen molar-refractivity contribution < 1.29 is 9.90 Å². The van der Waals surface area contributed by atoms with Gasteiger partial charge in [0.25, 0.3) is 0 Å². The van der Waals surface area contributed by atoms with Crippen LogP contribution in [0.4, 0.5) is 0 Å². The van der Waals surface area contributed by atoms with E-state index in [4.69, 9.17) is 0 Å². The monoisotopic (exact) mass is 290 g/mol. The summed E-state index contributed by atoms with van der Waals surface area (Å²) in [5, 5.41) is 13.4. The van der Waals surface area contributed by atoms with Crippen LogP contribution in [0.2, 0.25) is 0 Å². The van der Waals surface area contributed by atoms with Crippen LogP contribution >= 0.6 is 0 Å². The van der Waals surface area contributed by atoms with Gasteiger partial charge in [0.05, 0.1) is 12.0 Å². The molecule has 2 unspecified atom stereocenters. The summed E-state index contributed by atoms with van der Waals surface area (Å²) in [6.45, 7) is 4.58. The first kappa shape index (κ1) is 16.0. The second-order valence-electron chi connectivity index (χ2n) is 6.39. The van der Waals surface area contributed by atoms with Crippen LogP contribution in [0.5, 0.6) is 0 Å².